The third-order valence-corrected chi connectivity index (χ3v) is 2.72. The summed E-state index contributed by atoms with van der Waals surface area (Å²) in [5.74, 6) is 0. The fourth-order valence-corrected chi connectivity index (χ4v) is 2.51. The van der Waals surface area contributed by atoms with E-state index in [0.717, 1.165) is 9.08 Å². The van der Waals surface area contributed by atoms with Gasteiger partial charge in [0.05, 0.1) is 0 Å². The predicted molar refractivity (Wildman–Crippen MR) is 58.3 cm³/mol. The zero-order valence-electron chi connectivity index (χ0n) is 7.36. The molecular weight excluding hydrogens is 282 g/mol. The average molecular weight is 293 g/mol. The van der Waals surface area contributed by atoms with E-state index in [-0.39, 0.29) is 5.41 Å². The highest BCUT2D eigenvalue weighted by atomic mass is 79.9. The molecule has 0 amide bonds. The number of hydrogen-bond acceptors (Lipinski definition) is 1. The van der Waals surface area contributed by atoms with Crippen LogP contribution in [0.25, 0.3) is 0 Å². The van der Waals surface area contributed by atoms with Crippen molar-refractivity contribution in [3.8, 4) is 0 Å². The first-order chi connectivity index (χ1) is 5.41. The van der Waals surface area contributed by atoms with Gasteiger partial charge in [-0.3, -0.25) is 0 Å². The molecule has 1 heterocycles. The summed E-state index contributed by atoms with van der Waals surface area (Å²) in [5, 5.41) is 0. The molecule has 1 nitrogen and oxygen atoms in total. The maximum Gasteiger partial charge on any atom is 0.107 e. The number of halogens is 2. The van der Waals surface area contributed by atoms with Crippen molar-refractivity contribution in [1.29, 1.82) is 0 Å². The molecule has 66 valence electrons. The fourth-order valence-electron chi connectivity index (χ4n) is 0.959. The van der Waals surface area contributed by atoms with Gasteiger partial charge in [-0.15, -0.1) is 0 Å². The molecule has 1 aromatic rings. The fraction of sp³-hybridized carbons (Fsp3) is 0.444. The van der Waals surface area contributed by atoms with Crippen molar-refractivity contribution in [1.82, 2.24) is 4.98 Å². The topological polar surface area (TPSA) is 12.9 Å². The summed E-state index contributed by atoms with van der Waals surface area (Å²) >= 11 is 6.83. The van der Waals surface area contributed by atoms with Gasteiger partial charge in [0.15, 0.2) is 0 Å². The van der Waals surface area contributed by atoms with Crippen molar-refractivity contribution in [3.05, 3.63) is 26.9 Å². The van der Waals surface area contributed by atoms with Crippen molar-refractivity contribution < 1.29 is 0 Å². The van der Waals surface area contributed by atoms with Crippen molar-refractivity contribution in [3.63, 3.8) is 0 Å². The zero-order chi connectivity index (χ0) is 9.35. The molecule has 12 heavy (non-hydrogen) atoms. The quantitative estimate of drug-likeness (QED) is 0.661. The maximum atomic E-state index is 4.19. The van der Waals surface area contributed by atoms with E-state index in [1.54, 1.807) is 0 Å². The molecule has 3 heteroatoms. The van der Waals surface area contributed by atoms with E-state index in [0.29, 0.717) is 0 Å². The first kappa shape index (κ1) is 10.2. The van der Waals surface area contributed by atoms with Crippen LogP contribution in [-0.2, 0) is 5.41 Å². The minimum absolute atomic E-state index is 0.145. The van der Waals surface area contributed by atoms with Gasteiger partial charge in [-0.25, -0.2) is 4.98 Å². The SMILES string of the molecule is CC(C)(C)c1cnc(Br)cc1Br. The Kier molecular flexibility index (Phi) is 2.94. The summed E-state index contributed by atoms with van der Waals surface area (Å²) in [7, 11) is 0. The van der Waals surface area contributed by atoms with E-state index in [2.05, 4.69) is 57.6 Å². The lowest BCUT2D eigenvalue weighted by molar-refractivity contribution is 0.584. The van der Waals surface area contributed by atoms with Crippen LogP contribution in [0, 0.1) is 0 Å². The largest absolute Gasteiger partial charge is 0.249 e. The van der Waals surface area contributed by atoms with Gasteiger partial charge in [0.25, 0.3) is 0 Å². The molecule has 0 saturated heterocycles. The first-order valence-corrected chi connectivity index (χ1v) is 5.31. The van der Waals surface area contributed by atoms with Gasteiger partial charge in [0.1, 0.15) is 4.60 Å². The van der Waals surface area contributed by atoms with Crippen LogP contribution in [-0.4, -0.2) is 4.98 Å². The average Bonchev–Trinajstić information content (AvgIpc) is 1.83. The van der Waals surface area contributed by atoms with Crippen LogP contribution in [0.5, 0.6) is 0 Å². The van der Waals surface area contributed by atoms with Gasteiger partial charge in [-0.1, -0.05) is 36.7 Å². The second-order valence-electron chi connectivity index (χ2n) is 3.74. The maximum absolute atomic E-state index is 4.19. The molecule has 0 N–H and O–H groups in total. The highest BCUT2D eigenvalue weighted by Gasteiger charge is 2.17. The van der Waals surface area contributed by atoms with E-state index >= 15 is 0 Å². The number of nitrogens with zero attached hydrogens (tertiary/aromatic N) is 1. The van der Waals surface area contributed by atoms with Crippen LogP contribution in [0.15, 0.2) is 21.3 Å². The van der Waals surface area contributed by atoms with Crippen LogP contribution in [0.4, 0.5) is 0 Å². The smallest absolute Gasteiger partial charge is 0.107 e. The number of pyridine rings is 1. The Morgan fingerprint density at radius 2 is 1.83 bits per heavy atom. The van der Waals surface area contributed by atoms with Gasteiger partial charge in [-0.2, -0.15) is 0 Å². The van der Waals surface area contributed by atoms with Gasteiger partial charge >= 0.3 is 0 Å². The standard InChI is InChI=1S/C9H11Br2N/c1-9(2,3)6-5-12-8(11)4-7(6)10/h4-5H,1-3H3. The summed E-state index contributed by atoms with van der Waals surface area (Å²) in [4.78, 5) is 4.19. The first-order valence-electron chi connectivity index (χ1n) is 3.73. The summed E-state index contributed by atoms with van der Waals surface area (Å²) in [5.41, 5.74) is 1.37. The molecule has 0 aromatic carbocycles. The van der Waals surface area contributed by atoms with E-state index in [9.17, 15) is 0 Å². The van der Waals surface area contributed by atoms with E-state index in [1.807, 2.05) is 12.3 Å². The van der Waals surface area contributed by atoms with Crippen LogP contribution in [0.3, 0.4) is 0 Å². The van der Waals surface area contributed by atoms with E-state index in [1.165, 1.54) is 5.56 Å². The molecule has 0 bridgehead atoms. The molecule has 0 aliphatic rings. The minimum Gasteiger partial charge on any atom is -0.249 e. The Morgan fingerprint density at radius 3 is 2.25 bits per heavy atom. The number of hydrogen-bond donors (Lipinski definition) is 0. The second-order valence-corrected chi connectivity index (χ2v) is 5.40. The molecule has 0 saturated carbocycles. The van der Waals surface area contributed by atoms with Crippen LogP contribution >= 0.6 is 31.9 Å². The Labute approximate surface area is 89.8 Å². The molecule has 0 aliphatic carbocycles. The summed E-state index contributed by atoms with van der Waals surface area (Å²) in [6.45, 7) is 6.51. The monoisotopic (exact) mass is 291 g/mol. The summed E-state index contributed by atoms with van der Waals surface area (Å²) in [6.07, 6.45) is 1.90. The van der Waals surface area contributed by atoms with Crippen molar-refractivity contribution in [2.75, 3.05) is 0 Å². The summed E-state index contributed by atoms with van der Waals surface area (Å²) in [6, 6.07) is 1.97. The Morgan fingerprint density at radius 1 is 1.25 bits per heavy atom. The lowest BCUT2D eigenvalue weighted by Crippen LogP contribution is -2.12. The third kappa shape index (κ3) is 2.30. The highest BCUT2D eigenvalue weighted by Crippen LogP contribution is 2.30. The Bertz CT molecular complexity index is 289. The molecule has 0 unspecified atom stereocenters. The third-order valence-electron chi connectivity index (χ3n) is 1.63. The van der Waals surface area contributed by atoms with Gasteiger partial charge in [0, 0.05) is 10.7 Å². The van der Waals surface area contributed by atoms with Crippen LogP contribution in [0.1, 0.15) is 26.3 Å². The van der Waals surface area contributed by atoms with Crippen LogP contribution in [0.2, 0.25) is 0 Å². The number of rotatable bonds is 0. The van der Waals surface area contributed by atoms with Gasteiger partial charge in [-0.05, 0) is 33.0 Å². The van der Waals surface area contributed by atoms with E-state index < -0.39 is 0 Å². The van der Waals surface area contributed by atoms with Crippen molar-refractivity contribution in [2.45, 2.75) is 26.2 Å². The molecule has 1 aromatic heterocycles. The molecule has 0 atom stereocenters. The van der Waals surface area contributed by atoms with Gasteiger partial charge < -0.3 is 0 Å². The lowest BCUT2D eigenvalue weighted by atomic mass is 9.88. The molecule has 0 spiro atoms. The summed E-state index contributed by atoms with van der Waals surface area (Å²) < 4.78 is 1.97. The molecule has 0 fully saturated rings. The zero-order valence-corrected chi connectivity index (χ0v) is 10.5. The predicted octanol–water partition coefficient (Wildman–Crippen LogP) is 3.90. The molecular formula is C9H11Br2N. The lowest BCUT2D eigenvalue weighted by Gasteiger charge is -2.19. The molecule has 1 rings (SSSR count). The molecule has 0 radical (unpaired) electrons. The van der Waals surface area contributed by atoms with Crippen molar-refractivity contribution >= 4 is 31.9 Å². The van der Waals surface area contributed by atoms with Crippen molar-refractivity contribution in [2.24, 2.45) is 0 Å². The van der Waals surface area contributed by atoms with E-state index in [4.69, 9.17) is 0 Å². The van der Waals surface area contributed by atoms with Gasteiger partial charge in [0.2, 0.25) is 0 Å². The second kappa shape index (κ2) is 3.46. The Hall–Kier alpha value is 0.110. The molecule has 0 aliphatic heterocycles. The highest BCUT2D eigenvalue weighted by molar-refractivity contribution is 9.11. The van der Waals surface area contributed by atoms with Crippen LogP contribution < -0.4 is 0 Å². The number of aromatic nitrogens is 1. The normalized spacial score (nSPS) is 11.8. The Balaban J connectivity index is 3.19. The minimum atomic E-state index is 0.145.